The molecule has 1 N–H and O–H groups in total. The molecule has 110 valence electrons. The Balaban J connectivity index is 1.60. The maximum atomic E-state index is 13.1. The van der Waals surface area contributed by atoms with E-state index in [-0.39, 0.29) is 5.82 Å². The SMILES string of the molecule is COc1cccc(C2CC(Nc3ccc(F)cc3C)C2)c1. The number of methoxy groups -OCH3 is 1. The average Bonchev–Trinajstić information content (AvgIpc) is 2.44. The Morgan fingerprint density at radius 1 is 1.14 bits per heavy atom. The lowest BCUT2D eigenvalue weighted by Crippen LogP contribution is -2.34. The smallest absolute Gasteiger partial charge is 0.123 e. The van der Waals surface area contributed by atoms with Gasteiger partial charge in [-0.3, -0.25) is 0 Å². The molecule has 0 heterocycles. The summed E-state index contributed by atoms with van der Waals surface area (Å²) in [5.41, 5.74) is 3.33. The molecule has 0 unspecified atom stereocenters. The van der Waals surface area contributed by atoms with Gasteiger partial charge in [-0.05, 0) is 67.1 Å². The molecule has 3 heteroatoms. The fourth-order valence-corrected chi connectivity index (χ4v) is 2.91. The first-order chi connectivity index (χ1) is 10.2. The molecule has 0 bridgehead atoms. The summed E-state index contributed by atoms with van der Waals surface area (Å²) in [5.74, 6) is 1.32. The summed E-state index contributed by atoms with van der Waals surface area (Å²) in [6, 6.07) is 13.7. The van der Waals surface area contributed by atoms with E-state index >= 15 is 0 Å². The van der Waals surface area contributed by atoms with Crippen molar-refractivity contribution in [2.45, 2.75) is 31.7 Å². The first-order valence-corrected chi connectivity index (χ1v) is 7.32. The van der Waals surface area contributed by atoms with E-state index in [9.17, 15) is 4.39 Å². The van der Waals surface area contributed by atoms with Crippen molar-refractivity contribution in [3.05, 3.63) is 59.4 Å². The lowest BCUT2D eigenvalue weighted by molar-refractivity contribution is 0.370. The summed E-state index contributed by atoms with van der Waals surface area (Å²) in [7, 11) is 1.70. The van der Waals surface area contributed by atoms with Crippen molar-refractivity contribution in [2.75, 3.05) is 12.4 Å². The number of hydrogen-bond acceptors (Lipinski definition) is 2. The first kappa shape index (κ1) is 13.9. The molecule has 0 atom stereocenters. The van der Waals surface area contributed by atoms with Crippen LogP contribution in [0.4, 0.5) is 10.1 Å². The minimum absolute atomic E-state index is 0.180. The molecule has 3 rings (SSSR count). The Labute approximate surface area is 125 Å². The lowest BCUT2D eigenvalue weighted by atomic mass is 9.75. The van der Waals surface area contributed by atoms with Gasteiger partial charge in [0.15, 0.2) is 0 Å². The summed E-state index contributed by atoms with van der Waals surface area (Å²) < 4.78 is 18.4. The molecule has 0 amide bonds. The van der Waals surface area contributed by atoms with Gasteiger partial charge in [-0.25, -0.2) is 4.39 Å². The highest BCUT2D eigenvalue weighted by molar-refractivity contribution is 5.52. The molecule has 21 heavy (non-hydrogen) atoms. The molecule has 0 aromatic heterocycles. The van der Waals surface area contributed by atoms with E-state index in [1.807, 2.05) is 25.1 Å². The maximum Gasteiger partial charge on any atom is 0.123 e. The van der Waals surface area contributed by atoms with Crippen LogP contribution in [0.15, 0.2) is 42.5 Å². The van der Waals surface area contributed by atoms with Gasteiger partial charge in [-0.1, -0.05) is 12.1 Å². The van der Waals surface area contributed by atoms with Crippen LogP contribution < -0.4 is 10.1 Å². The Morgan fingerprint density at radius 3 is 2.67 bits per heavy atom. The maximum absolute atomic E-state index is 13.1. The van der Waals surface area contributed by atoms with Crippen LogP contribution in [0, 0.1) is 12.7 Å². The van der Waals surface area contributed by atoms with Crippen molar-refractivity contribution in [3.8, 4) is 5.75 Å². The van der Waals surface area contributed by atoms with Crippen molar-refractivity contribution in [2.24, 2.45) is 0 Å². The second kappa shape index (κ2) is 5.76. The Bertz CT molecular complexity index is 635. The van der Waals surface area contributed by atoms with E-state index in [1.165, 1.54) is 11.6 Å². The molecule has 1 fully saturated rings. The minimum atomic E-state index is -0.180. The quantitative estimate of drug-likeness (QED) is 0.893. The van der Waals surface area contributed by atoms with Gasteiger partial charge in [-0.2, -0.15) is 0 Å². The van der Waals surface area contributed by atoms with E-state index in [0.29, 0.717) is 12.0 Å². The molecule has 0 radical (unpaired) electrons. The minimum Gasteiger partial charge on any atom is -0.497 e. The third-order valence-corrected chi connectivity index (χ3v) is 4.25. The van der Waals surface area contributed by atoms with Gasteiger partial charge in [-0.15, -0.1) is 0 Å². The van der Waals surface area contributed by atoms with Crippen LogP contribution >= 0.6 is 0 Å². The summed E-state index contributed by atoms with van der Waals surface area (Å²) >= 11 is 0. The average molecular weight is 285 g/mol. The van der Waals surface area contributed by atoms with Gasteiger partial charge >= 0.3 is 0 Å². The zero-order valence-electron chi connectivity index (χ0n) is 12.4. The van der Waals surface area contributed by atoms with Crippen molar-refractivity contribution >= 4 is 5.69 Å². The normalized spacial score (nSPS) is 20.7. The van der Waals surface area contributed by atoms with Crippen LogP contribution in [-0.2, 0) is 0 Å². The predicted molar refractivity (Wildman–Crippen MR) is 83.5 cm³/mol. The van der Waals surface area contributed by atoms with Crippen LogP contribution in [0.25, 0.3) is 0 Å². The summed E-state index contributed by atoms with van der Waals surface area (Å²) in [5, 5.41) is 3.50. The zero-order valence-corrected chi connectivity index (χ0v) is 12.4. The second-order valence-corrected chi connectivity index (χ2v) is 5.75. The molecule has 2 aromatic carbocycles. The fourth-order valence-electron chi connectivity index (χ4n) is 2.91. The van der Waals surface area contributed by atoms with Crippen LogP contribution in [0.5, 0.6) is 5.75 Å². The Morgan fingerprint density at radius 2 is 1.95 bits per heavy atom. The highest BCUT2D eigenvalue weighted by atomic mass is 19.1. The van der Waals surface area contributed by atoms with Crippen LogP contribution in [0.2, 0.25) is 0 Å². The van der Waals surface area contributed by atoms with E-state index in [4.69, 9.17) is 4.74 Å². The van der Waals surface area contributed by atoms with Gasteiger partial charge in [0.05, 0.1) is 7.11 Å². The molecular formula is C18H20FNO. The van der Waals surface area contributed by atoms with E-state index in [1.54, 1.807) is 13.2 Å². The molecule has 2 aromatic rings. The van der Waals surface area contributed by atoms with Gasteiger partial charge in [0.25, 0.3) is 0 Å². The van der Waals surface area contributed by atoms with E-state index < -0.39 is 0 Å². The number of rotatable bonds is 4. The van der Waals surface area contributed by atoms with Crippen LogP contribution in [0.1, 0.15) is 29.9 Å². The highest BCUT2D eigenvalue weighted by Gasteiger charge is 2.30. The van der Waals surface area contributed by atoms with Crippen LogP contribution in [-0.4, -0.2) is 13.2 Å². The van der Waals surface area contributed by atoms with Crippen molar-refractivity contribution in [1.29, 1.82) is 0 Å². The molecule has 0 saturated heterocycles. The number of ether oxygens (including phenoxy) is 1. The third-order valence-electron chi connectivity index (χ3n) is 4.25. The van der Waals surface area contributed by atoms with Gasteiger partial charge in [0, 0.05) is 11.7 Å². The van der Waals surface area contributed by atoms with E-state index in [2.05, 4.69) is 17.4 Å². The largest absolute Gasteiger partial charge is 0.497 e. The topological polar surface area (TPSA) is 21.3 Å². The van der Waals surface area contributed by atoms with Crippen LogP contribution in [0.3, 0.4) is 0 Å². The molecular weight excluding hydrogens is 265 g/mol. The monoisotopic (exact) mass is 285 g/mol. The number of hydrogen-bond donors (Lipinski definition) is 1. The third kappa shape index (κ3) is 3.02. The fraction of sp³-hybridized carbons (Fsp3) is 0.333. The highest BCUT2D eigenvalue weighted by Crippen LogP contribution is 2.39. The van der Waals surface area contributed by atoms with Crippen molar-refractivity contribution < 1.29 is 9.13 Å². The van der Waals surface area contributed by atoms with Crippen molar-refractivity contribution in [1.82, 2.24) is 0 Å². The summed E-state index contributed by atoms with van der Waals surface area (Å²) in [4.78, 5) is 0. The first-order valence-electron chi connectivity index (χ1n) is 7.32. The number of aryl methyl sites for hydroxylation is 1. The molecule has 0 aliphatic heterocycles. The zero-order chi connectivity index (χ0) is 14.8. The number of nitrogens with one attached hydrogen (secondary N) is 1. The van der Waals surface area contributed by atoms with Gasteiger partial charge < -0.3 is 10.1 Å². The lowest BCUT2D eigenvalue weighted by Gasteiger charge is -2.37. The molecule has 0 spiro atoms. The molecule has 1 aliphatic rings. The van der Waals surface area contributed by atoms with Gasteiger partial charge in [0.1, 0.15) is 11.6 Å². The van der Waals surface area contributed by atoms with Crippen molar-refractivity contribution in [3.63, 3.8) is 0 Å². The number of halogens is 1. The molecule has 2 nitrogen and oxygen atoms in total. The summed E-state index contributed by atoms with van der Waals surface area (Å²) in [6.07, 6.45) is 2.20. The number of anilines is 1. The predicted octanol–water partition coefficient (Wildman–Crippen LogP) is 4.50. The molecule has 1 saturated carbocycles. The molecule has 1 aliphatic carbocycles. The standard InChI is InChI=1S/C18H20FNO/c1-12-8-15(19)6-7-18(12)20-16-9-14(10-16)13-4-3-5-17(11-13)21-2/h3-8,11,14,16,20H,9-10H2,1-2H3. The number of benzene rings is 2. The Kier molecular flexibility index (Phi) is 3.82. The second-order valence-electron chi connectivity index (χ2n) is 5.75. The van der Waals surface area contributed by atoms with E-state index in [0.717, 1.165) is 29.8 Å². The Hall–Kier alpha value is -2.03. The summed E-state index contributed by atoms with van der Waals surface area (Å²) in [6.45, 7) is 1.93. The van der Waals surface area contributed by atoms with Gasteiger partial charge in [0.2, 0.25) is 0 Å².